The third kappa shape index (κ3) is 3.57. The quantitative estimate of drug-likeness (QED) is 0.784. The Bertz CT molecular complexity index is 543. The number of aromatic nitrogens is 3. The van der Waals surface area contributed by atoms with Gasteiger partial charge in [0.1, 0.15) is 6.10 Å². The number of ether oxygens (including phenoxy) is 1. The summed E-state index contributed by atoms with van der Waals surface area (Å²) in [6.45, 7) is 1.87. The normalized spacial score (nSPS) is 12.1. The number of nitrogens with zero attached hydrogens (tertiary/aromatic N) is 3. The summed E-state index contributed by atoms with van der Waals surface area (Å²) in [4.78, 5) is 16.0. The van der Waals surface area contributed by atoms with Crippen LogP contribution in [0.15, 0.2) is 36.8 Å². The zero-order chi connectivity index (χ0) is 13.7. The lowest BCUT2D eigenvalue weighted by Crippen LogP contribution is -2.18. The maximum absolute atomic E-state index is 11.9. The Kier molecular flexibility index (Phi) is 4.57. The number of carbonyl (C=O) groups is 1. The molecule has 19 heavy (non-hydrogen) atoms. The fraction of sp³-hybridized carbons (Fsp3) is 0.308. The molecule has 2 aromatic rings. The molecule has 0 aromatic carbocycles. The lowest BCUT2D eigenvalue weighted by atomic mass is 10.3. The van der Waals surface area contributed by atoms with Crippen molar-refractivity contribution in [1.29, 1.82) is 0 Å². The van der Waals surface area contributed by atoms with Crippen molar-refractivity contribution in [2.75, 3.05) is 12.0 Å². The molecule has 0 saturated heterocycles. The molecule has 1 atom stereocenters. The minimum atomic E-state index is -0.407. The molecule has 0 radical (unpaired) electrons. The van der Waals surface area contributed by atoms with Crippen molar-refractivity contribution >= 4 is 17.7 Å². The number of hydrogen-bond acceptors (Lipinski definition) is 5. The topological polar surface area (TPSA) is 57.0 Å². The minimum Gasteiger partial charge on any atom is -0.457 e. The fourth-order valence-corrected chi connectivity index (χ4v) is 2.14. The second-order valence-corrected chi connectivity index (χ2v) is 4.93. The van der Waals surface area contributed by atoms with Crippen LogP contribution >= 0.6 is 11.8 Å². The summed E-state index contributed by atoms with van der Waals surface area (Å²) >= 11 is 1.64. The Morgan fingerprint density at radius 3 is 3.05 bits per heavy atom. The van der Waals surface area contributed by atoms with E-state index in [-0.39, 0.29) is 6.10 Å². The van der Waals surface area contributed by atoms with Crippen molar-refractivity contribution in [3.05, 3.63) is 42.5 Å². The van der Waals surface area contributed by atoms with Crippen LogP contribution in [0.4, 0.5) is 0 Å². The lowest BCUT2D eigenvalue weighted by Gasteiger charge is -2.11. The number of hydrogen-bond donors (Lipinski definition) is 0. The van der Waals surface area contributed by atoms with E-state index in [4.69, 9.17) is 4.74 Å². The van der Waals surface area contributed by atoms with Crippen LogP contribution < -0.4 is 0 Å². The summed E-state index contributed by atoms with van der Waals surface area (Å²) in [6.07, 6.45) is 6.91. The van der Waals surface area contributed by atoms with E-state index >= 15 is 0 Å². The van der Waals surface area contributed by atoms with Crippen LogP contribution in [0.3, 0.4) is 0 Å². The molecule has 0 aliphatic rings. The summed E-state index contributed by atoms with van der Waals surface area (Å²) in [5, 5.41) is 4.11. The Balaban J connectivity index is 2.12. The number of carbonyl (C=O) groups excluding carboxylic acids is 1. The van der Waals surface area contributed by atoms with E-state index in [1.165, 1.54) is 0 Å². The van der Waals surface area contributed by atoms with E-state index < -0.39 is 5.97 Å². The smallest absolute Gasteiger partial charge is 0.357 e. The van der Waals surface area contributed by atoms with Crippen molar-refractivity contribution in [2.24, 2.45) is 0 Å². The van der Waals surface area contributed by atoms with Crippen LogP contribution in [0.1, 0.15) is 17.4 Å². The summed E-state index contributed by atoms with van der Waals surface area (Å²) < 4.78 is 6.97. The summed E-state index contributed by atoms with van der Waals surface area (Å²) in [7, 11) is 0. The molecule has 0 N–H and O–H groups in total. The Labute approximate surface area is 116 Å². The van der Waals surface area contributed by atoms with Crippen molar-refractivity contribution in [3.8, 4) is 5.69 Å². The molecule has 0 fully saturated rings. The average molecular weight is 277 g/mol. The van der Waals surface area contributed by atoms with Crippen molar-refractivity contribution < 1.29 is 9.53 Å². The largest absolute Gasteiger partial charge is 0.457 e. The Hall–Kier alpha value is -1.82. The molecular formula is C13H15N3O2S. The fourth-order valence-electron chi connectivity index (χ4n) is 1.61. The molecule has 100 valence electrons. The second kappa shape index (κ2) is 6.38. The van der Waals surface area contributed by atoms with E-state index in [9.17, 15) is 4.79 Å². The predicted molar refractivity (Wildman–Crippen MR) is 74.6 cm³/mol. The van der Waals surface area contributed by atoms with Crippen LogP contribution in [0, 0.1) is 0 Å². The Morgan fingerprint density at radius 1 is 1.53 bits per heavy atom. The highest BCUT2D eigenvalue weighted by Gasteiger charge is 2.13. The van der Waals surface area contributed by atoms with E-state index in [0.29, 0.717) is 5.69 Å². The molecule has 6 heteroatoms. The van der Waals surface area contributed by atoms with Gasteiger partial charge in [-0.05, 0) is 31.4 Å². The highest BCUT2D eigenvalue weighted by Crippen LogP contribution is 2.10. The molecule has 0 spiro atoms. The first-order chi connectivity index (χ1) is 9.20. The molecular weight excluding hydrogens is 262 g/mol. The molecule has 0 amide bonds. The first kappa shape index (κ1) is 13.6. The molecule has 0 bridgehead atoms. The molecule has 2 aromatic heterocycles. The molecule has 5 nitrogen and oxygen atoms in total. The van der Waals surface area contributed by atoms with E-state index in [0.717, 1.165) is 11.4 Å². The van der Waals surface area contributed by atoms with Gasteiger partial charge in [0, 0.05) is 24.3 Å². The van der Waals surface area contributed by atoms with Crippen molar-refractivity contribution in [3.63, 3.8) is 0 Å². The monoisotopic (exact) mass is 277 g/mol. The van der Waals surface area contributed by atoms with Crippen LogP contribution in [0.25, 0.3) is 5.69 Å². The number of rotatable bonds is 5. The van der Waals surface area contributed by atoms with Crippen molar-refractivity contribution in [1.82, 2.24) is 14.8 Å². The van der Waals surface area contributed by atoms with Crippen molar-refractivity contribution in [2.45, 2.75) is 13.0 Å². The molecule has 1 unspecified atom stereocenters. The maximum Gasteiger partial charge on any atom is 0.357 e. The zero-order valence-electron chi connectivity index (χ0n) is 10.8. The van der Waals surface area contributed by atoms with Crippen LogP contribution in [-0.2, 0) is 4.74 Å². The second-order valence-electron chi connectivity index (χ2n) is 4.02. The maximum atomic E-state index is 11.9. The number of esters is 1. The van der Waals surface area contributed by atoms with Gasteiger partial charge in [-0.1, -0.05) is 0 Å². The van der Waals surface area contributed by atoms with Gasteiger partial charge in [-0.2, -0.15) is 16.9 Å². The highest BCUT2D eigenvalue weighted by atomic mass is 32.2. The molecule has 2 heterocycles. The van der Waals surface area contributed by atoms with Gasteiger partial charge in [-0.25, -0.2) is 14.5 Å². The number of thioether (sulfide) groups is 1. The van der Waals surface area contributed by atoms with Gasteiger partial charge in [0.05, 0.1) is 5.69 Å². The third-order valence-electron chi connectivity index (χ3n) is 2.43. The van der Waals surface area contributed by atoms with Crippen LogP contribution in [-0.4, -0.2) is 38.8 Å². The lowest BCUT2D eigenvalue weighted by molar-refractivity contribution is 0.0379. The highest BCUT2D eigenvalue weighted by molar-refractivity contribution is 7.98. The van der Waals surface area contributed by atoms with E-state index in [2.05, 4.69) is 10.1 Å². The first-order valence-electron chi connectivity index (χ1n) is 5.86. The van der Waals surface area contributed by atoms with Gasteiger partial charge >= 0.3 is 5.97 Å². The summed E-state index contributed by atoms with van der Waals surface area (Å²) in [6, 6.07) is 5.27. The van der Waals surface area contributed by atoms with E-state index in [1.807, 2.05) is 19.2 Å². The molecule has 2 rings (SSSR count). The molecule has 0 saturated carbocycles. The predicted octanol–water partition coefficient (Wildman–Crippen LogP) is 2.18. The third-order valence-corrected chi connectivity index (χ3v) is 3.23. The van der Waals surface area contributed by atoms with Crippen LogP contribution in [0.2, 0.25) is 0 Å². The minimum absolute atomic E-state index is 0.127. The van der Waals surface area contributed by atoms with Gasteiger partial charge in [-0.15, -0.1) is 0 Å². The Morgan fingerprint density at radius 2 is 2.37 bits per heavy atom. The standard InChI is InChI=1S/C13H15N3O2S/c1-10(9-19-2)18-13(17)12-8-11(4-6-14-12)16-7-3-5-15-16/h3-8,10H,9H2,1-2H3. The summed E-state index contributed by atoms with van der Waals surface area (Å²) in [5.74, 6) is 0.362. The first-order valence-corrected chi connectivity index (χ1v) is 7.26. The van der Waals surface area contributed by atoms with Crippen LogP contribution in [0.5, 0.6) is 0 Å². The summed E-state index contributed by atoms with van der Waals surface area (Å²) in [5.41, 5.74) is 1.07. The van der Waals surface area contributed by atoms with Gasteiger partial charge < -0.3 is 4.74 Å². The number of pyridine rings is 1. The zero-order valence-corrected chi connectivity index (χ0v) is 11.6. The molecule has 0 aliphatic heterocycles. The van der Waals surface area contributed by atoms with Gasteiger partial charge in [0.2, 0.25) is 0 Å². The van der Waals surface area contributed by atoms with Gasteiger partial charge in [0.25, 0.3) is 0 Å². The average Bonchev–Trinajstić information content (AvgIpc) is 2.93. The van der Waals surface area contributed by atoms with Gasteiger partial charge in [0.15, 0.2) is 5.69 Å². The SMILES string of the molecule is CSCC(C)OC(=O)c1cc(-n2cccn2)ccn1. The van der Waals surface area contributed by atoms with Gasteiger partial charge in [-0.3, -0.25) is 0 Å². The van der Waals surface area contributed by atoms with E-state index in [1.54, 1.807) is 47.2 Å². The molecule has 0 aliphatic carbocycles.